The van der Waals surface area contributed by atoms with Crippen molar-refractivity contribution in [3.63, 3.8) is 0 Å². The average Bonchev–Trinajstić information content (AvgIpc) is 2.64. The number of hydrogen-bond donors (Lipinski definition) is 2. The third-order valence-electron chi connectivity index (χ3n) is 1.83. The van der Waals surface area contributed by atoms with Crippen molar-refractivity contribution in [1.82, 2.24) is 19.5 Å². The van der Waals surface area contributed by atoms with Gasteiger partial charge in [-0.05, 0) is 6.92 Å². The Morgan fingerprint density at radius 1 is 1.53 bits per heavy atom. The fourth-order valence-corrected chi connectivity index (χ4v) is 1.20. The van der Waals surface area contributed by atoms with E-state index in [1.165, 1.54) is 0 Å². The van der Waals surface area contributed by atoms with E-state index in [1.54, 1.807) is 29.7 Å². The van der Waals surface area contributed by atoms with Crippen LogP contribution < -0.4 is 11.3 Å². The Morgan fingerprint density at radius 3 is 2.65 bits per heavy atom. The van der Waals surface area contributed by atoms with Gasteiger partial charge in [-0.3, -0.25) is 9.78 Å². The molecule has 0 radical (unpaired) electrons. The van der Waals surface area contributed by atoms with E-state index in [2.05, 4.69) is 24.4 Å². The van der Waals surface area contributed by atoms with Gasteiger partial charge in [0.25, 0.3) is 5.56 Å². The maximum absolute atomic E-state index is 11.3. The average molecular weight is 442 g/mol. The van der Waals surface area contributed by atoms with E-state index in [4.69, 9.17) is 5.73 Å². The fraction of sp³-hybridized carbons (Fsp3) is 0.286. The molecule has 0 fully saturated rings. The van der Waals surface area contributed by atoms with Crippen LogP contribution in [0.2, 0.25) is 0 Å². The number of nitrogens with zero attached hydrogens (tertiary/aromatic N) is 3. The molecule has 101 valence electrons. The summed E-state index contributed by atoms with van der Waals surface area (Å²) in [5.74, 6) is 0.118. The monoisotopic (exact) mass is 441 g/mol. The Hall–Kier alpha value is -0.952. The van der Waals surface area contributed by atoms with E-state index in [0.29, 0.717) is 17.7 Å². The number of aromatic nitrogens is 4. The summed E-state index contributed by atoms with van der Waals surface area (Å²) in [6.45, 7) is 2.66. The molecule has 0 saturated heterocycles. The zero-order valence-corrected chi connectivity index (χ0v) is 12.0. The van der Waals surface area contributed by atoms with Crippen molar-refractivity contribution in [2.24, 2.45) is 0 Å². The Bertz CT molecular complexity index is 510. The summed E-state index contributed by atoms with van der Waals surface area (Å²) in [6, 6.07) is 0. The molecule has 0 atom stereocenters. The standard InChI is InChI=1S/C7H9N5O.ClH.2H2N.Pt/c1-2-12-3-9-4-5(12)10-7(8)11-6(4)13;;;;/h3H,2H2,1H3,(H3,8,10,11,13);1H;2*1H2;/q;;2*-1;+1/p-1. The molecule has 2 heterocycles. The molecule has 8 nitrogen and oxygen atoms in total. The number of halogens is 1. The first-order chi connectivity index (χ1) is 7.22. The Morgan fingerprint density at radius 2 is 2.12 bits per heavy atom. The summed E-state index contributed by atoms with van der Waals surface area (Å²) in [5, 5.41) is 0. The van der Waals surface area contributed by atoms with Gasteiger partial charge in [0, 0.05) is 6.54 Å². The smallest absolute Gasteiger partial charge is 0.693 e. The first-order valence-electron chi connectivity index (χ1n) is 4.05. The van der Waals surface area contributed by atoms with E-state index in [-0.39, 0.29) is 23.8 Å². The van der Waals surface area contributed by atoms with Gasteiger partial charge in [-0.1, -0.05) is 0 Å². The van der Waals surface area contributed by atoms with Crippen LogP contribution in [0, 0.1) is 0 Å². The van der Waals surface area contributed by atoms with Crippen LogP contribution in [0.1, 0.15) is 6.92 Å². The van der Waals surface area contributed by atoms with Crippen LogP contribution in [-0.2, 0) is 25.3 Å². The summed E-state index contributed by atoms with van der Waals surface area (Å²) >= 11 is 1.61. The quantitative estimate of drug-likeness (QED) is 0.692. The first-order valence-corrected chi connectivity index (χ1v) is 6.86. The van der Waals surface area contributed by atoms with Gasteiger partial charge in [-0.25, -0.2) is 4.98 Å². The van der Waals surface area contributed by atoms with Crippen LogP contribution in [0.25, 0.3) is 23.5 Å². The molecule has 7 N–H and O–H groups in total. The van der Waals surface area contributed by atoms with Gasteiger partial charge in [0.15, 0.2) is 11.2 Å². The summed E-state index contributed by atoms with van der Waals surface area (Å²) in [4.78, 5) is 21.6. The van der Waals surface area contributed by atoms with Crippen LogP contribution in [0.15, 0.2) is 11.1 Å². The number of imidazole rings is 1. The molecule has 0 unspecified atom stereocenters. The minimum absolute atomic E-state index is 0. The van der Waals surface area contributed by atoms with E-state index < -0.39 is 0 Å². The predicted octanol–water partition coefficient (Wildman–Crippen LogP) is 1.84. The van der Waals surface area contributed by atoms with Gasteiger partial charge >= 0.3 is 28.2 Å². The number of nitrogens with one attached hydrogen (secondary N) is 1. The molecule has 0 aliphatic rings. The fourth-order valence-electron chi connectivity index (χ4n) is 1.20. The van der Waals surface area contributed by atoms with Crippen molar-refractivity contribution >= 4 is 26.5 Å². The van der Waals surface area contributed by atoms with Gasteiger partial charge in [-0.15, -0.1) is 0 Å². The molecule has 0 aliphatic carbocycles. The molecule has 0 aromatic carbocycles. The van der Waals surface area contributed by atoms with Crippen molar-refractivity contribution in [2.45, 2.75) is 13.5 Å². The predicted molar refractivity (Wildman–Crippen MR) is 64.7 cm³/mol. The molecule has 2 rings (SSSR count). The van der Waals surface area contributed by atoms with E-state index in [0.717, 1.165) is 0 Å². The zero-order valence-electron chi connectivity index (χ0n) is 8.96. The Kier molecular flexibility index (Phi) is 8.87. The number of aryl methyl sites for hydroxylation is 1. The van der Waals surface area contributed by atoms with Gasteiger partial charge in [0.2, 0.25) is 5.95 Å². The summed E-state index contributed by atoms with van der Waals surface area (Å²) in [7, 11) is 4.61. The largest absolute Gasteiger partial charge is 0.693 e. The number of H-pyrrole nitrogens is 1. The molecule has 0 amide bonds. The Balaban J connectivity index is 0. The van der Waals surface area contributed by atoms with E-state index in [9.17, 15) is 4.79 Å². The van der Waals surface area contributed by atoms with Crippen molar-refractivity contribution in [1.29, 1.82) is 0 Å². The van der Waals surface area contributed by atoms with E-state index >= 15 is 0 Å². The van der Waals surface area contributed by atoms with Crippen molar-refractivity contribution in [3.8, 4) is 0 Å². The molecular weight excluding hydrogens is 429 g/mol. The number of anilines is 1. The van der Waals surface area contributed by atoms with Gasteiger partial charge < -0.3 is 22.6 Å². The van der Waals surface area contributed by atoms with Crippen LogP contribution in [-0.4, -0.2) is 19.5 Å². The van der Waals surface area contributed by atoms with Crippen molar-refractivity contribution in [2.75, 3.05) is 5.73 Å². The van der Waals surface area contributed by atoms with Crippen LogP contribution in [0.4, 0.5) is 5.95 Å². The first kappa shape index (κ1) is 18.4. The zero-order chi connectivity index (χ0) is 11.4. The summed E-state index contributed by atoms with van der Waals surface area (Å²) < 4.78 is 1.76. The minimum Gasteiger partial charge on any atom is -0.693 e. The van der Waals surface area contributed by atoms with Crippen LogP contribution >= 0.6 is 9.42 Å². The van der Waals surface area contributed by atoms with Crippen LogP contribution in [0.3, 0.4) is 0 Å². The second-order valence-electron chi connectivity index (χ2n) is 2.65. The van der Waals surface area contributed by atoms with Crippen molar-refractivity contribution < 1.29 is 18.8 Å². The number of nitrogens with two attached hydrogens (primary N) is 3. The second kappa shape index (κ2) is 8.19. The third kappa shape index (κ3) is 3.78. The van der Waals surface area contributed by atoms with Crippen LogP contribution in [0.5, 0.6) is 0 Å². The second-order valence-corrected chi connectivity index (χ2v) is 2.65. The van der Waals surface area contributed by atoms with Gasteiger partial charge in [0.1, 0.15) is 0 Å². The molecule has 0 aliphatic heterocycles. The number of fused-ring (bicyclic) bond motifs is 1. The molecular formula is C7H13ClN7OPt-2. The van der Waals surface area contributed by atoms with Gasteiger partial charge in [-0.2, -0.15) is 4.98 Å². The number of nitrogen functional groups attached to an aromatic ring is 1. The molecule has 10 heteroatoms. The molecule has 0 bridgehead atoms. The molecule has 0 saturated carbocycles. The number of hydrogen-bond acceptors (Lipinski definition) is 4. The molecule has 0 spiro atoms. The maximum atomic E-state index is 11.3. The summed E-state index contributed by atoms with van der Waals surface area (Å²) in [5.41, 5.74) is 5.96. The van der Waals surface area contributed by atoms with E-state index in [1.807, 2.05) is 6.92 Å². The Labute approximate surface area is 113 Å². The topological polar surface area (TPSA) is 157 Å². The third-order valence-corrected chi connectivity index (χ3v) is 1.83. The maximum Gasteiger partial charge on any atom is -0.693 e. The van der Waals surface area contributed by atoms with Gasteiger partial charge in [0.05, 0.1) is 6.33 Å². The molecule has 2 aromatic heterocycles. The number of aromatic amines is 1. The number of rotatable bonds is 1. The minimum atomic E-state index is -0.297. The summed E-state index contributed by atoms with van der Waals surface area (Å²) in [6.07, 6.45) is 1.58. The van der Waals surface area contributed by atoms with Crippen molar-refractivity contribution in [3.05, 3.63) is 29.0 Å². The normalized spacial score (nSPS) is 8.71. The molecule has 17 heavy (non-hydrogen) atoms. The molecule has 2 aromatic rings. The SMILES string of the molecule is CCn1cnc2c(=O)[nH]c(N)nc21.[Cl][Pt].[NH2-].[NH2-].